The van der Waals surface area contributed by atoms with Crippen molar-refractivity contribution >= 4 is 5.78 Å². The van der Waals surface area contributed by atoms with E-state index >= 15 is 0 Å². The monoisotopic (exact) mass is 223 g/mol. The largest absolute Gasteiger partial charge is 0.335 e. The summed E-state index contributed by atoms with van der Waals surface area (Å²) in [5, 5.41) is 0. The Labute approximate surface area is 96.9 Å². The first-order valence-electron chi connectivity index (χ1n) is 5.97. The molecule has 0 spiro atoms. The summed E-state index contributed by atoms with van der Waals surface area (Å²) in [7, 11) is 0. The maximum atomic E-state index is 11.8. The van der Waals surface area contributed by atoms with Crippen molar-refractivity contribution in [1.29, 1.82) is 0 Å². The number of nitrogens with two attached hydrogens (primary N) is 1. The zero-order chi connectivity index (χ0) is 12.0. The molecule has 0 aromatic carbocycles. The Bertz CT molecular complexity index is 333. The summed E-state index contributed by atoms with van der Waals surface area (Å²) < 4.78 is 1.98. The fourth-order valence-electron chi connectivity index (χ4n) is 1.67. The van der Waals surface area contributed by atoms with Gasteiger partial charge in [-0.15, -0.1) is 0 Å². The van der Waals surface area contributed by atoms with Crippen molar-refractivity contribution in [3.63, 3.8) is 0 Å². The highest BCUT2D eigenvalue weighted by molar-refractivity contribution is 5.85. The Kier molecular flexibility index (Phi) is 5.19. The quantitative estimate of drug-likeness (QED) is 0.762. The van der Waals surface area contributed by atoms with Crippen LogP contribution in [0.4, 0.5) is 0 Å². The third kappa shape index (κ3) is 3.45. The van der Waals surface area contributed by atoms with Crippen LogP contribution in [0.15, 0.2) is 12.4 Å². The minimum Gasteiger partial charge on any atom is -0.335 e. The number of carbonyl (C=O) groups excluding carboxylic acids is 1. The highest BCUT2D eigenvalue weighted by atomic mass is 16.1. The van der Waals surface area contributed by atoms with Crippen molar-refractivity contribution in [2.45, 2.75) is 52.1 Å². The number of unbranched alkanes of at least 4 members (excludes halogenated alkanes) is 1. The lowest BCUT2D eigenvalue weighted by atomic mass is 10.0. The van der Waals surface area contributed by atoms with Crippen LogP contribution < -0.4 is 5.73 Å². The second kappa shape index (κ2) is 6.43. The lowest BCUT2D eigenvalue weighted by Gasteiger charge is -2.10. The molecule has 1 heterocycles. The van der Waals surface area contributed by atoms with Gasteiger partial charge in [-0.25, -0.2) is 4.98 Å². The van der Waals surface area contributed by atoms with Crippen LogP contribution in [-0.2, 0) is 17.8 Å². The molecule has 0 aliphatic heterocycles. The van der Waals surface area contributed by atoms with Crippen LogP contribution >= 0.6 is 0 Å². The molecule has 0 amide bonds. The maximum absolute atomic E-state index is 11.8. The van der Waals surface area contributed by atoms with Gasteiger partial charge in [-0.2, -0.15) is 0 Å². The van der Waals surface area contributed by atoms with Crippen molar-refractivity contribution < 1.29 is 4.79 Å². The van der Waals surface area contributed by atoms with Crippen molar-refractivity contribution in [3.05, 3.63) is 18.2 Å². The summed E-state index contributed by atoms with van der Waals surface area (Å²) in [6.45, 7) is 4.97. The second-order valence-electron chi connectivity index (χ2n) is 4.02. The van der Waals surface area contributed by atoms with Gasteiger partial charge < -0.3 is 10.3 Å². The molecule has 0 fully saturated rings. The normalized spacial score (nSPS) is 12.7. The number of nitrogens with zero attached hydrogens (tertiary/aromatic N) is 2. The maximum Gasteiger partial charge on any atom is 0.157 e. The number of hydrogen-bond donors (Lipinski definition) is 1. The molecule has 90 valence electrons. The SMILES string of the molecule is CCCCC(N)C(=O)Cc1nccn1CC. The molecule has 4 heteroatoms. The number of rotatable bonds is 7. The fourth-order valence-corrected chi connectivity index (χ4v) is 1.67. The molecule has 0 aliphatic rings. The smallest absolute Gasteiger partial charge is 0.157 e. The molecule has 0 aliphatic carbocycles. The summed E-state index contributed by atoms with van der Waals surface area (Å²) in [5.74, 6) is 0.911. The van der Waals surface area contributed by atoms with Crippen LogP contribution in [0.5, 0.6) is 0 Å². The third-order valence-electron chi connectivity index (χ3n) is 2.76. The van der Waals surface area contributed by atoms with Gasteiger partial charge in [-0.3, -0.25) is 4.79 Å². The molecule has 4 nitrogen and oxygen atoms in total. The molecule has 1 rings (SSSR count). The van der Waals surface area contributed by atoms with Gasteiger partial charge in [0.05, 0.1) is 12.5 Å². The van der Waals surface area contributed by atoms with Crippen molar-refractivity contribution in [1.82, 2.24) is 9.55 Å². The third-order valence-corrected chi connectivity index (χ3v) is 2.76. The molecular weight excluding hydrogens is 202 g/mol. The van der Waals surface area contributed by atoms with Gasteiger partial charge in [0.1, 0.15) is 5.82 Å². The number of hydrogen-bond acceptors (Lipinski definition) is 3. The molecule has 0 saturated heterocycles. The van der Waals surface area contributed by atoms with E-state index < -0.39 is 0 Å². The second-order valence-corrected chi connectivity index (χ2v) is 4.02. The van der Waals surface area contributed by atoms with Crippen molar-refractivity contribution in [2.24, 2.45) is 5.73 Å². The van der Waals surface area contributed by atoms with E-state index in [1.54, 1.807) is 6.20 Å². The molecule has 1 atom stereocenters. The Morgan fingerprint density at radius 2 is 2.31 bits per heavy atom. The molecule has 0 saturated carbocycles. The molecule has 16 heavy (non-hydrogen) atoms. The van der Waals surface area contributed by atoms with Crippen molar-refractivity contribution in [3.8, 4) is 0 Å². The standard InChI is InChI=1S/C12H21N3O/c1-3-5-6-10(13)11(16)9-12-14-7-8-15(12)4-2/h7-8,10H,3-6,9,13H2,1-2H3. The number of imidazole rings is 1. The Hall–Kier alpha value is -1.16. The van der Waals surface area contributed by atoms with Gasteiger partial charge in [0, 0.05) is 18.9 Å². The lowest BCUT2D eigenvalue weighted by molar-refractivity contribution is -0.119. The summed E-state index contributed by atoms with van der Waals surface area (Å²) in [4.78, 5) is 16.0. The average Bonchev–Trinajstić information content (AvgIpc) is 2.72. The number of aromatic nitrogens is 2. The van der Waals surface area contributed by atoms with Gasteiger partial charge >= 0.3 is 0 Å². The molecule has 1 unspecified atom stereocenters. The first kappa shape index (κ1) is 12.9. The van der Waals surface area contributed by atoms with Crippen LogP contribution in [0.3, 0.4) is 0 Å². The zero-order valence-corrected chi connectivity index (χ0v) is 10.1. The lowest BCUT2D eigenvalue weighted by Crippen LogP contribution is -2.32. The number of carbonyl (C=O) groups is 1. The van der Waals surface area contributed by atoms with Crippen LogP contribution in [0, 0.1) is 0 Å². The highest BCUT2D eigenvalue weighted by Gasteiger charge is 2.15. The average molecular weight is 223 g/mol. The number of aryl methyl sites for hydroxylation is 1. The Balaban J connectivity index is 2.50. The first-order chi connectivity index (χ1) is 7.69. The van der Waals surface area contributed by atoms with E-state index in [0.29, 0.717) is 6.42 Å². The van der Waals surface area contributed by atoms with E-state index in [9.17, 15) is 4.79 Å². The molecule has 0 radical (unpaired) electrons. The van der Waals surface area contributed by atoms with E-state index in [4.69, 9.17) is 5.73 Å². The topological polar surface area (TPSA) is 60.9 Å². The van der Waals surface area contributed by atoms with Gasteiger partial charge in [-0.05, 0) is 13.3 Å². The fraction of sp³-hybridized carbons (Fsp3) is 0.667. The zero-order valence-electron chi connectivity index (χ0n) is 10.1. The van der Waals surface area contributed by atoms with Gasteiger partial charge in [0.25, 0.3) is 0 Å². The molecule has 2 N–H and O–H groups in total. The first-order valence-corrected chi connectivity index (χ1v) is 5.97. The minimum absolute atomic E-state index is 0.0920. The van der Waals surface area contributed by atoms with E-state index in [1.807, 2.05) is 17.7 Å². The Morgan fingerprint density at radius 1 is 1.56 bits per heavy atom. The highest BCUT2D eigenvalue weighted by Crippen LogP contribution is 2.04. The van der Waals surface area contributed by atoms with Crippen LogP contribution in [0.2, 0.25) is 0 Å². The minimum atomic E-state index is -0.332. The van der Waals surface area contributed by atoms with Crippen LogP contribution in [0.1, 0.15) is 38.9 Å². The molecule has 1 aromatic rings. The van der Waals surface area contributed by atoms with Crippen LogP contribution in [-0.4, -0.2) is 21.4 Å². The molecular formula is C12H21N3O. The summed E-state index contributed by atoms with van der Waals surface area (Å²) in [6.07, 6.45) is 6.83. The van der Waals surface area contributed by atoms with Crippen molar-refractivity contribution in [2.75, 3.05) is 0 Å². The number of ketones is 1. The van der Waals surface area contributed by atoms with E-state index in [2.05, 4.69) is 11.9 Å². The van der Waals surface area contributed by atoms with Gasteiger partial charge in [0.2, 0.25) is 0 Å². The van der Waals surface area contributed by atoms with E-state index in [1.165, 1.54) is 0 Å². The van der Waals surface area contributed by atoms with Crippen LogP contribution in [0.25, 0.3) is 0 Å². The molecule has 0 bridgehead atoms. The van der Waals surface area contributed by atoms with E-state index in [-0.39, 0.29) is 11.8 Å². The molecule has 1 aromatic heterocycles. The van der Waals surface area contributed by atoms with Gasteiger partial charge in [-0.1, -0.05) is 19.8 Å². The van der Waals surface area contributed by atoms with E-state index in [0.717, 1.165) is 31.6 Å². The summed E-state index contributed by atoms with van der Waals surface area (Å²) in [6, 6.07) is -0.332. The summed E-state index contributed by atoms with van der Waals surface area (Å²) >= 11 is 0. The predicted molar refractivity (Wildman–Crippen MR) is 64.1 cm³/mol. The predicted octanol–water partition coefficient (Wildman–Crippen LogP) is 1.53. The summed E-state index contributed by atoms with van der Waals surface area (Å²) in [5.41, 5.74) is 5.82. The van der Waals surface area contributed by atoms with Gasteiger partial charge in [0.15, 0.2) is 5.78 Å². The Morgan fingerprint density at radius 3 is 2.94 bits per heavy atom. The number of Topliss-reactive ketones (excluding diaryl/α,β-unsaturated/α-hetero) is 1.